The minimum atomic E-state index is -0.338. The third-order valence-electron chi connectivity index (χ3n) is 3.08. The molecule has 0 amide bonds. The van der Waals surface area contributed by atoms with Gasteiger partial charge < -0.3 is 9.47 Å². The molecule has 0 aromatic heterocycles. The fraction of sp³-hybridized carbons (Fsp3) is 0.211. The maximum Gasteiger partial charge on any atom is 0.338 e. The van der Waals surface area contributed by atoms with Crippen molar-refractivity contribution in [2.24, 2.45) is 0 Å². The third kappa shape index (κ3) is 4.86. The van der Waals surface area contributed by atoms with Crippen molar-refractivity contribution in [3.63, 3.8) is 0 Å². The molecular formula is C19H20O3. The summed E-state index contributed by atoms with van der Waals surface area (Å²) in [5.41, 5.74) is 2.35. The van der Waals surface area contributed by atoms with Crippen LogP contribution in [0.3, 0.4) is 0 Å². The molecule has 2 aromatic carbocycles. The van der Waals surface area contributed by atoms with Gasteiger partial charge in [0.2, 0.25) is 0 Å². The second kappa shape index (κ2) is 8.80. The van der Waals surface area contributed by atoms with Crippen molar-refractivity contribution >= 4 is 17.6 Å². The van der Waals surface area contributed by atoms with Crippen molar-refractivity contribution in [2.75, 3.05) is 19.8 Å². The summed E-state index contributed by atoms with van der Waals surface area (Å²) in [4.78, 5) is 12.4. The number of carbonyl (C=O) groups is 1. The van der Waals surface area contributed by atoms with Crippen LogP contribution in [0, 0.1) is 0 Å². The Morgan fingerprint density at radius 3 is 2.23 bits per heavy atom. The lowest BCUT2D eigenvalue weighted by Crippen LogP contribution is -2.12. The van der Waals surface area contributed by atoms with Gasteiger partial charge >= 0.3 is 5.97 Å². The van der Waals surface area contributed by atoms with Gasteiger partial charge in [-0.2, -0.15) is 0 Å². The summed E-state index contributed by atoms with van der Waals surface area (Å²) in [6.45, 7) is 3.19. The molecule has 0 radical (unpaired) electrons. The second-order valence-electron chi connectivity index (χ2n) is 4.67. The SMILES string of the molecule is CCOCCOC(=O)C(=Cc1ccccc1)c1ccccc1. The molecule has 0 saturated carbocycles. The summed E-state index contributed by atoms with van der Waals surface area (Å²) < 4.78 is 10.5. The zero-order valence-electron chi connectivity index (χ0n) is 12.7. The van der Waals surface area contributed by atoms with E-state index in [-0.39, 0.29) is 12.6 Å². The lowest BCUT2D eigenvalue weighted by molar-refractivity contribution is -0.138. The fourth-order valence-electron chi connectivity index (χ4n) is 2.01. The molecule has 0 bridgehead atoms. The van der Waals surface area contributed by atoms with Crippen molar-refractivity contribution in [3.05, 3.63) is 71.8 Å². The fourth-order valence-corrected chi connectivity index (χ4v) is 2.01. The van der Waals surface area contributed by atoms with Gasteiger partial charge in [0.05, 0.1) is 12.2 Å². The average molecular weight is 296 g/mol. The Bertz CT molecular complexity index is 603. The van der Waals surface area contributed by atoms with Crippen molar-refractivity contribution in [1.29, 1.82) is 0 Å². The first-order chi connectivity index (χ1) is 10.8. The van der Waals surface area contributed by atoms with E-state index in [1.54, 1.807) is 0 Å². The van der Waals surface area contributed by atoms with E-state index in [4.69, 9.17) is 9.47 Å². The summed E-state index contributed by atoms with van der Waals surface area (Å²) in [5, 5.41) is 0. The Morgan fingerprint density at radius 1 is 0.955 bits per heavy atom. The zero-order valence-corrected chi connectivity index (χ0v) is 12.7. The molecule has 0 aliphatic rings. The van der Waals surface area contributed by atoms with E-state index >= 15 is 0 Å². The van der Waals surface area contributed by atoms with Crippen LogP contribution in [0.2, 0.25) is 0 Å². The first-order valence-corrected chi connectivity index (χ1v) is 7.38. The molecule has 0 atom stereocenters. The summed E-state index contributed by atoms with van der Waals surface area (Å²) >= 11 is 0. The van der Waals surface area contributed by atoms with Crippen LogP contribution in [0.4, 0.5) is 0 Å². The maximum atomic E-state index is 12.4. The van der Waals surface area contributed by atoms with E-state index in [2.05, 4.69) is 0 Å². The highest BCUT2D eigenvalue weighted by molar-refractivity contribution is 6.21. The number of hydrogen-bond donors (Lipinski definition) is 0. The second-order valence-corrected chi connectivity index (χ2v) is 4.67. The molecule has 0 spiro atoms. The Balaban J connectivity index is 2.19. The molecule has 22 heavy (non-hydrogen) atoms. The van der Waals surface area contributed by atoms with E-state index in [0.29, 0.717) is 18.8 Å². The topological polar surface area (TPSA) is 35.5 Å². The number of rotatable bonds is 7. The number of hydrogen-bond acceptors (Lipinski definition) is 3. The van der Waals surface area contributed by atoms with Crippen molar-refractivity contribution in [3.8, 4) is 0 Å². The highest BCUT2D eigenvalue weighted by Crippen LogP contribution is 2.19. The zero-order chi connectivity index (χ0) is 15.6. The minimum Gasteiger partial charge on any atom is -0.460 e. The van der Waals surface area contributed by atoms with Crippen LogP contribution in [0.25, 0.3) is 11.6 Å². The molecule has 114 valence electrons. The van der Waals surface area contributed by atoms with Crippen molar-refractivity contribution < 1.29 is 14.3 Å². The van der Waals surface area contributed by atoms with Gasteiger partial charge in [-0.05, 0) is 24.1 Å². The Labute approximate surface area is 131 Å². The van der Waals surface area contributed by atoms with Crippen LogP contribution in [0.1, 0.15) is 18.1 Å². The molecule has 0 aliphatic heterocycles. The molecule has 2 aromatic rings. The van der Waals surface area contributed by atoms with Crippen LogP contribution in [-0.2, 0) is 14.3 Å². The van der Waals surface area contributed by atoms with Gasteiger partial charge in [0.15, 0.2) is 0 Å². The molecule has 0 saturated heterocycles. The molecule has 2 rings (SSSR count). The smallest absolute Gasteiger partial charge is 0.338 e. The van der Waals surface area contributed by atoms with Crippen LogP contribution in [0.15, 0.2) is 60.7 Å². The van der Waals surface area contributed by atoms with E-state index in [1.807, 2.05) is 73.7 Å². The van der Waals surface area contributed by atoms with E-state index < -0.39 is 0 Å². The lowest BCUT2D eigenvalue weighted by atomic mass is 10.0. The van der Waals surface area contributed by atoms with Crippen LogP contribution >= 0.6 is 0 Å². The van der Waals surface area contributed by atoms with E-state index in [0.717, 1.165) is 11.1 Å². The average Bonchev–Trinajstić information content (AvgIpc) is 2.58. The predicted molar refractivity (Wildman–Crippen MR) is 88.2 cm³/mol. The Kier molecular flexibility index (Phi) is 6.39. The van der Waals surface area contributed by atoms with Crippen LogP contribution < -0.4 is 0 Å². The molecule has 0 N–H and O–H groups in total. The maximum absolute atomic E-state index is 12.4. The highest BCUT2D eigenvalue weighted by Gasteiger charge is 2.13. The summed E-state index contributed by atoms with van der Waals surface area (Å²) in [5.74, 6) is -0.338. The van der Waals surface area contributed by atoms with E-state index in [1.165, 1.54) is 0 Å². The van der Waals surface area contributed by atoms with E-state index in [9.17, 15) is 4.79 Å². The monoisotopic (exact) mass is 296 g/mol. The van der Waals surface area contributed by atoms with Crippen molar-refractivity contribution in [2.45, 2.75) is 6.92 Å². The highest BCUT2D eigenvalue weighted by atomic mass is 16.6. The van der Waals surface area contributed by atoms with Gasteiger partial charge in [-0.25, -0.2) is 4.79 Å². The van der Waals surface area contributed by atoms with Crippen LogP contribution in [0.5, 0.6) is 0 Å². The van der Waals surface area contributed by atoms with Gasteiger partial charge in [-0.1, -0.05) is 60.7 Å². The third-order valence-corrected chi connectivity index (χ3v) is 3.08. The van der Waals surface area contributed by atoms with Gasteiger partial charge in [0.25, 0.3) is 0 Å². The van der Waals surface area contributed by atoms with Gasteiger partial charge in [-0.15, -0.1) is 0 Å². The number of ether oxygens (including phenoxy) is 2. The molecule has 0 heterocycles. The molecule has 0 fully saturated rings. The van der Waals surface area contributed by atoms with Crippen molar-refractivity contribution in [1.82, 2.24) is 0 Å². The molecule has 0 aliphatic carbocycles. The lowest BCUT2D eigenvalue weighted by Gasteiger charge is -2.09. The summed E-state index contributed by atoms with van der Waals surface area (Å²) in [7, 11) is 0. The standard InChI is InChI=1S/C19H20O3/c1-2-21-13-14-22-19(20)18(17-11-7-4-8-12-17)15-16-9-5-3-6-10-16/h3-12,15H,2,13-14H2,1H3. The largest absolute Gasteiger partial charge is 0.460 e. The summed E-state index contributed by atoms with van der Waals surface area (Å²) in [6, 6.07) is 19.3. The molecule has 3 heteroatoms. The van der Waals surface area contributed by atoms with Gasteiger partial charge in [0.1, 0.15) is 6.61 Å². The molecule has 0 unspecified atom stereocenters. The minimum absolute atomic E-state index is 0.256. The first-order valence-electron chi connectivity index (χ1n) is 7.38. The molecule has 3 nitrogen and oxygen atoms in total. The number of carbonyl (C=O) groups excluding carboxylic acids is 1. The van der Waals surface area contributed by atoms with Gasteiger partial charge in [-0.3, -0.25) is 0 Å². The Hall–Kier alpha value is -2.39. The van der Waals surface area contributed by atoms with Gasteiger partial charge in [0, 0.05) is 6.61 Å². The number of benzene rings is 2. The van der Waals surface area contributed by atoms with Crippen LogP contribution in [-0.4, -0.2) is 25.8 Å². The first kappa shape index (κ1) is 16.0. The quantitative estimate of drug-likeness (QED) is 0.337. The number of esters is 1. The normalized spacial score (nSPS) is 11.2. The Morgan fingerprint density at radius 2 is 1.59 bits per heavy atom. The molecular weight excluding hydrogens is 276 g/mol. The predicted octanol–water partition coefficient (Wildman–Crippen LogP) is 3.81. The summed E-state index contributed by atoms with van der Waals surface area (Å²) in [6.07, 6.45) is 1.85.